The maximum absolute atomic E-state index is 10.8. The molecule has 0 aliphatic carbocycles. The Kier molecular flexibility index (Phi) is 5.62. The molecule has 4 rings (SSSR count). The molecule has 0 saturated heterocycles. The smallest absolute Gasteiger partial charge is 0.310 e. The van der Waals surface area contributed by atoms with Gasteiger partial charge in [-0.3, -0.25) is 9.59 Å². The first-order valence-corrected chi connectivity index (χ1v) is 8.74. The van der Waals surface area contributed by atoms with Crippen molar-refractivity contribution in [2.45, 2.75) is 12.8 Å². The number of carbonyl (C=O) groups excluding carboxylic acids is 1. The zero-order valence-corrected chi connectivity index (χ0v) is 15.0. The lowest BCUT2D eigenvalue weighted by Crippen LogP contribution is -2.06. The number of hydrogen-bond donors (Lipinski definition) is 1. The molecular formula is C24H20O3. The Hall–Kier alpha value is -3.46. The van der Waals surface area contributed by atoms with Gasteiger partial charge in [-0.05, 0) is 40.1 Å². The van der Waals surface area contributed by atoms with E-state index in [1.807, 2.05) is 84.9 Å². The molecule has 1 unspecified atom stereocenters. The summed E-state index contributed by atoms with van der Waals surface area (Å²) in [7, 11) is 0. The lowest BCUT2D eigenvalue weighted by Gasteiger charge is -2.07. The molecule has 1 N–H and O–H groups in total. The molecule has 1 atom stereocenters. The molecule has 0 spiro atoms. The van der Waals surface area contributed by atoms with Gasteiger partial charge in [0.15, 0.2) is 0 Å². The minimum atomic E-state index is -0.787. The Labute approximate surface area is 157 Å². The lowest BCUT2D eigenvalue weighted by molar-refractivity contribution is -0.138. The van der Waals surface area contributed by atoms with E-state index < -0.39 is 11.9 Å². The summed E-state index contributed by atoms with van der Waals surface area (Å²) < 4.78 is 0. The second kappa shape index (κ2) is 8.28. The van der Waals surface area contributed by atoms with E-state index in [-0.39, 0.29) is 0 Å². The fourth-order valence-electron chi connectivity index (χ4n) is 2.90. The van der Waals surface area contributed by atoms with E-state index in [0.29, 0.717) is 0 Å². The molecule has 0 aromatic heterocycles. The van der Waals surface area contributed by atoms with Gasteiger partial charge in [-0.2, -0.15) is 0 Å². The number of carbonyl (C=O) groups is 2. The maximum atomic E-state index is 10.8. The Morgan fingerprint density at radius 2 is 1.30 bits per heavy atom. The predicted molar refractivity (Wildman–Crippen MR) is 109 cm³/mol. The molecule has 3 heteroatoms. The van der Waals surface area contributed by atoms with Crippen molar-refractivity contribution < 1.29 is 14.7 Å². The van der Waals surface area contributed by atoms with E-state index in [2.05, 4.69) is 0 Å². The number of rotatable bonds is 3. The van der Waals surface area contributed by atoms with Gasteiger partial charge in [0, 0.05) is 5.56 Å². The SMILES string of the molecule is CC(C(=O)O)c1ccc2ccccc2c1.O=Cc1ccc2ccccc2c1. The zero-order valence-electron chi connectivity index (χ0n) is 15.0. The van der Waals surface area contributed by atoms with Gasteiger partial charge in [-0.15, -0.1) is 0 Å². The summed E-state index contributed by atoms with van der Waals surface area (Å²) in [5.74, 6) is -1.24. The van der Waals surface area contributed by atoms with Crippen LogP contribution in [0.3, 0.4) is 0 Å². The van der Waals surface area contributed by atoms with E-state index in [1.54, 1.807) is 6.92 Å². The van der Waals surface area contributed by atoms with Crippen LogP contribution >= 0.6 is 0 Å². The van der Waals surface area contributed by atoms with Gasteiger partial charge in [0.2, 0.25) is 0 Å². The fourth-order valence-corrected chi connectivity index (χ4v) is 2.90. The zero-order chi connectivity index (χ0) is 19.2. The normalized spacial score (nSPS) is 11.4. The minimum Gasteiger partial charge on any atom is -0.481 e. The van der Waals surface area contributed by atoms with Gasteiger partial charge < -0.3 is 5.11 Å². The standard InChI is InChI=1S/C13H12O2.C11H8O/c1-9(13(14)15)11-7-6-10-4-2-3-5-12(10)8-11;12-8-9-5-6-10-3-1-2-4-11(10)7-9/h2-9H,1H3,(H,14,15);1-8H. The van der Waals surface area contributed by atoms with Crippen molar-refractivity contribution >= 4 is 33.8 Å². The van der Waals surface area contributed by atoms with E-state index in [4.69, 9.17) is 5.11 Å². The number of carboxylic acids is 1. The van der Waals surface area contributed by atoms with Crippen LogP contribution in [0, 0.1) is 0 Å². The summed E-state index contributed by atoms with van der Waals surface area (Å²) >= 11 is 0. The third-order valence-electron chi connectivity index (χ3n) is 4.55. The second-order valence-corrected chi connectivity index (χ2v) is 6.39. The van der Waals surface area contributed by atoms with Crippen LogP contribution in [0.4, 0.5) is 0 Å². The van der Waals surface area contributed by atoms with Crippen LogP contribution in [0.5, 0.6) is 0 Å². The van der Waals surface area contributed by atoms with Crippen molar-refractivity contribution in [3.05, 3.63) is 96.1 Å². The van der Waals surface area contributed by atoms with Gasteiger partial charge in [0.05, 0.1) is 5.92 Å². The highest BCUT2D eigenvalue weighted by Crippen LogP contribution is 2.21. The molecule has 0 radical (unpaired) electrons. The van der Waals surface area contributed by atoms with Crippen LogP contribution in [-0.2, 0) is 4.79 Å². The number of hydrogen-bond acceptors (Lipinski definition) is 2. The summed E-state index contributed by atoms with van der Waals surface area (Å²) in [5, 5.41) is 13.4. The molecule has 0 fully saturated rings. The van der Waals surface area contributed by atoms with Crippen LogP contribution in [0.1, 0.15) is 28.8 Å². The fraction of sp³-hybridized carbons (Fsp3) is 0.0833. The maximum Gasteiger partial charge on any atom is 0.310 e. The van der Waals surface area contributed by atoms with Gasteiger partial charge in [-0.1, -0.05) is 78.9 Å². The van der Waals surface area contributed by atoms with Crippen molar-refractivity contribution in [1.82, 2.24) is 0 Å². The van der Waals surface area contributed by atoms with E-state index >= 15 is 0 Å². The van der Waals surface area contributed by atoms with Crippen LogP contribution in [0.2, 0.25) is 0 Å². The topological polar surface area (TPSA) is 54.4 Å². The number of aliphatic carboxylic acids is 1. The van der Waals surface area contributed by atoms with Crippen LogP contribution in [-0.4, -0.2) is 17.4 Å². The molecule has 3 nitrogen and oxygen atoms in total. The number of benzene rings is 4. The predicted octanol–water partition coefficient (Wildman–Crippen LogP) is 5.68. The first-order chi connectivity index (χ1) is 13.1. The van der Waals surface area contributed by atoms with Gasteiger partial charge in [-0.25, -0.2) is 0 Å². The monoisotopic (exact) mass is 356 g/mol. The molecule has 134 valence electrons. The summed E-state index contributed by atoms with van der Waals surface area (Å²) in [5.41, 5.74) is 1.58. The molecule has 0 saturated carbocycles. The first-order valence-electron chi connectivity index (χ1n) is 8.74. The molecule has 4 aromatic rings. The molecule has 4 aromatic carbocycles. The molecule has 0 aliphatic heterocycles. The largest absolute Gasteiger partial charge is 0.481 e. The molecule has 0 aliphatic rings. The van der Waals surface area contributed by atoms with Crippen molar-refractivity contribution in [3.63, 3.8) is 0 Å². The van der Waals surface area contributed by atoms with E-state index in [9.17, 15) is 9.59 Å². The molecular weight excluding hydrogens is 336 g/mol. The Morgan fingerprint density at radius 3 is 1.85 bits per heavy atom. The van der Waals surface area contributed by atoms with Crippen molar-refractivity contribution in [3.8, 4) is 0 Å². The van der Waals surface area contributed by atoms with Crippen molar-refractivity contribution in [2.24, 2.45) is 0 Å². The Morgan fingerprint density at radius 1 is 0.778 bits per heavy atom. The van der Waals surface area contributed by atoms with Crippen molar-refractivity contribution in [2.75, 3.05) is 0 Å². The highest BCUT2D eigenvalue weighted by atomic mass is 16.4. The van der Waals surface area contributed by atoms with Crippen molar-refractivity contribution in [1.29, 1.82) is 0 Å². The van der Waals surface area contributed by atoms with Crippen LogP contribution in [0.25, 0.3) is 21.5 Å². The van der Waals surface area contributed by atoms with Crippen LogP contribution < -0.4 is 0 Å². The van der Waals surface area contributed by atoms with Crippen LogP contribution in [0.15, 0.2) is 84.9 Å². The Balaban J connectivity index is 0.000000159. The van der Waals surface area contributed by atoms with E-state index in [1.165, 1.54) is 5.39 Å². The average molecular weight is 356 g/mol. The Bertz CT molecular complexity index is 1100. The number of aldehydes is 1. The number of carboxylic acid groups (broad SMARTS) is 1. The molecule has 0 amide bonds. The second-order valence-electron chi connectivity index (χ2n) is 6.39. The molecule has 0 bridgehead atoms. The summed E-state index contributed by atoms with van der Waals surface area (Å²) in [6.45, 7) is 1.70. The lowest BCUT2D eigenvalue weighted by atomic mass is 9.98. The highest BCUT2D eigenvalue weighted by Gasteiger charge is 2.13. The van der Waals surface area contributed by atoms with Gasteiger partial charge in [0.1, 0.15) is 6.29 Å². The summed E-state index contributed by atoms with van der Waals surface area (Å²) in [6.07, 6.45) is 0.867. The molecule has 0 heterocycles. The third-order valence-corrected chi connectivity index (χ3v) is 4.55. The third kappa shape index (κ3) is 4.39. The van der Waals surface area contributed by atoms with Gasteiger partial charge in [0.25, 0.3) is 0 Å². The first kappa shape index (κ1) is 18.3. The minimum absolute atomic E-state index is 0.449. The highest BCUT2D eigenvalue weighted by molar-refractivity contribution is 5.88. The van der Waals surface area contributed by atoms with E-state index in [0.717, 1.165) is 33.6 Å². The quantitative estimate of drug-likeness (QED) is 0.480. The summed E-state index contributed by atoms with van der Waals surface area (Å²) in [6, 6.07) is 27.4. The molecule has 27 heavy (non-hydrogen) atoms. The number of fused-ring (bicyclic) bond motifs is 2. The average Bonchev–Trinajstić information content (AvgIpc) is 2.72. The summed E-state index contributed by atoms with van der Waals surface area (Å²) in [4.78, 5) is 21.3. The van der Waals surface area contributed by atoms with Gasteiger partial charge >= 0.3 is 5.97 Å².